The van der Waals surface area contributed by atoms with Crippen LogP contribution in [0.1, 0.15) is 149 Å². The molecule has 24 nitrogen and oxygen atoms in total. The van der Waals surface area contributed by atoms with Gasteiger partial charge in [-0.05, 0) is 145 Å². The van der Waals surface area contributed by atoms with Gasteiger partial charge in [0.15, 0.2) is 0 Å². The minimum atomic E-state index is -0.134. The van der Waals surface area contributed by atoms with E-state index in [4.69, 9.17) is 218 Å². The van der Waals surface area contributed by atoms with E-state index in [0.717, 1.165) is 183 Å². The lowest BCUT2D eigenvalue weighted by molar-refractivity contribution is 0.297. The van der Waals surface area contributed by atoms with Crippen molar-refractivity contribution in [2.24, 2.45) is 0 Å². The van der Waals surface area contributed by atoms with Gasteiger partial charge in [-0.3, -0.25) is 0 Å². The molecule has 3 aromatic heterocycles. The fourth-order valence-electron chi connectivity index (χ4n) is 13.7. The largest absolute Gasteiger partial charge is 0.494 e. The van der Waals surface area contributed by atoms with E-state index in [1.807, 2.05) is 87.5 Å². The van der Waals surface area contributed by atoms with Crippen molar-refractivity contribution in [3.63, 3.8) is 0 Å². The van der Waals surface area contributed by atoms with Crippen LogP contribution in [-0.2, 0) is 39.3 Å². The third-order valence-corrected chi connectivity index (χ3v) is 19.6. The second kappa shape index (κ2) is 54.8. The lowest BCUT2D eigenvalue weighted by Crippen LogP contribution is -2.25. The fourth-order valence-corrected chi connectivity index (χ4v) is 13.7. The number of alkyl halides is 10. The molecule has 0 radical (unpaired) electrons. The molecule has 126 heavy (non-hydrogen) atoms. The third-order valence-electron chi connectivity index (χ3n) is 19.6. The van der Waals surface area contributed by atoms with Crippen molar-refractivity contribution in [2.75, 3.05) is 81.0 Å². The van der Waals surface area contributed by atoms with Crippen LogP contribution in [0.25, 0.3) is 0 Å². The van der Waals surface area contributed by atoms with E-state index in [-0.39, 0.29) is 115 Å². The molecule has 34 heteroatoms. The monoisotopic (exact) mass is 1910 g/mol. The second-order valence-corrected chi connectivity index (χ2v) is 32.9. The van der Waals surface area contributed by atoms with Crippen LogP contribution in [0.15, 0.2) is 182 Å². The molecule has 0 unspecified atom stereocenters. The van der Waals surface area contributed by atoms with Gasteiger partial charge >= 0.3 is 36.1 Å². The summed E-state index contributed by atoms with van der Waals surface area (Å²) < 4.78 is 79.2. The Kier molecular flexibility index (Phi) is 42.3. The van der Waals surface area contributed by atoms with E-state index < -0.39 is 0 Å². The van der Waals surface area contributed by atoms with Gasteiger partial charge in [0.25, 0.3) is 0 Å². The summed E-state index contributed by atoms with van der Waals surface area (Å²) in [6.45, 7) is 5.73. The molecule has 0 spiro atoms. The number of halogens is 10. The number of fused-ring (bicyclic) bond motifs is 2. The molecule has 19 aliphatic heterocycles. The highest BCUT2D eigenvalue weighted by molar-refractivity contribution is 6.41. The third kappa shape index (κ3) is 33.7. The molecule has 0 aliphatic carbocycles. The van der Waals surface area contributed by atoms with Crippen molar-refractivity contribution >= 4 is 134 Å². The highest BCUT2D eigenvalue weighted by atomic mass is 35.5. The molecule has 30 rings (SSSR count). The highest BCUT2D eigenvalue weighted by Crippen LogP contribution is 2.41. The number of nitrogens with zero attached hydrogens (tertiary/aromatic N) is 12. The summed E-state index contributed by atoms with van der Waals surface area (Å²) in [6, 6.07) is 57.9. The lowest BCUT2D eigenvalue weighted by Gasteiger charge is -2.24. The van der Waals surface area contributed by atoms with Gasteiger partial charge in [0.2, 0.25) is 17.8 Å². The minimum Gasteiger partial charge on any atom is -0.494 e. The Morgan fingerprint density at radius 3 is 0.460 bits per heavy atom. The Labute approximate surface area is 785 Å². The maximum Gasteiger partial charge on any atom is 0.330 e. The van der Waals surface area contributed by atoms with Crippen molar-refractivity contribution in [1.82, 2.24) is 44.9 Å². The van der Waals surface area contributed by atoms with Crippen molar-refractivity contribution < 1.29 is 56.8 Å². The average Bonchev–Trinajstić information content (AvgIpc) is 0.790. The van der Waals surface area contributed by atoms with Crippen LogP contribution in [0.5, 0.6) is 105 Å². The smallest absolute Gasteiger partial charge is 0.330 e. The number of hydrogen-bond donors (Lipinski definition) is 0. The van der Waals surface area contributed by atoms with Crippen LogP contribution in [0.2, 0.25) is 0 Å². The topological polar surface area (TPSA) is 236 Å². The van der Waals surface area contributed by atoms with E-state index in [2.05, 4.69) is 72.8 Å². The van der Waals surface area contributed by atoms with Crippen molar-refractivity contribution in [2.45, 2.75) is 155 Å². The number of anilines is 3. The summed E-state index contributed by atoms with van der Waals surface area (Å²) in [5.74, 6) is 6.30. The van der Waals surface area contributed by atoms with Gasteiger partial charge in [-0.2, -0.15) is 29.9 Å². The minimum absolute atomic E-state index is 0.134. The molecule has 0 amide bonds. The summed E-state index contributed by atoms with van der Waals surface area (Å²) in [5, 5.41) is 0.972. The molecule has 19 aliphatic rings. The molecule has 11 aromatic rings. The van der Waals surface area contributed by atoms with Crippen LogP contribution in [0, 0.1) is 0 Å². The van der Waals surface area contributed by atoms with Gasteiger partial charge in [0.05, 0.1) is 66.3 Å². The quantitative estimate of drug-likeness (QED) is 0.128. The van der Waals surface area contributed by atoms with Crippen LogP contribution in [0.4, 0.5) is 17.8 Å². The molecule has 670 valence electrons. The first-order valence-corrected chi connectivity index (χ1v) is 47.0. The normalized spacial score (nSPS) is 15.1. The highest BCUT2D eigenvalue weighted by Gasteiger charge is 2.26. The predicted octanol–water partition coefficient (Wildman–Crippen LogP) is 26.7. The average molecular weight is 1920 g/mol. The van der Waals surface area contributed by atoms with E-state index >= 15 is 0 Å². The van der Waals surface area contributed by atoms with Crippen LogP contribution < -0.4 is 71.5 Å². The molecule has 0 saturated heterocycles. The van der Waals surface area contributed by atoms with Gasteiger partial charge in [-0.1, -0.05) is 150 Å². The number of aromatic nitrogens is 9. The number of ether oxygens (including phenoxy) is 12. The summed E-state index contributed by atoms with van der Waals surface area (Å²) >= 11 is 47.6. The van der Waals surface area contributed by atoms with Crippen molar-refractivity contribution in [1.29, 1.82) is 0 Å². The van der Waals surface area contributed by atoms with Crippen LogP contribution in [0.3, 0.4) is 0 Å². The molecular weight excluding hydrogens is 1820 g/mol. The molecule has 22 heterocycles. The van der Waals surface area contributed by atoms with E-state index in [0.29, 0.717) is 78.9 Å². The van der Waals surface area contributed by atoms with E-state index in [1.165, 1.54) is 0 Å². The lowest BCUT2D eigenvalue weighted by atomic mass is 10.1. The molecule has 0 N–H and O–H groups in total. The zero-order valence-electron chi connectivity index (χ0n) is 69.6. The number of hydrogen-bond acceptors (Lipinski definition) is 24. The molecule has 0 saturated carbocycles. The van der Waals surface area contributed by atoms with Gasteiger partial charge in [0.1, 0.15) is 69.0 Å². The van der Waals surface area contributed by atoms with Crippen molar-refractivity contribution in [3.8, 4) is 105 Å². The summed E-state index contributed by atoms with van der Waals surface area (Å²) in [6.07, 6.45) is 18.8. The standard InChI is InChI=1S/C87H90N12O12.5CH2Cl2/c1-2-8-14-44-101-68-33-21-62(22-34-68)56-98-58-64-25-37-70(38-26-64)103-46-16-10-5-6-12-18-48-105-72-41-29-66(30-42-72)60-99-59-65-27-39-71(40-28-65)104-47-17-11-4-3-9-15-45-102-69-35-23-63(24-36-69)57-97(55-61-19-31-67(32-20-61)100-43-13-7-1)79-88-82-94-83(89-79)107-74-50-76-54-78(52-74)111-87-93-81(99)92-86(96-87)110-77-51-73(106-82)49-75(53-77)108-84-90-80(98)91-85(95-84)109-76;5*2-1-3/h19-42,49-54H,1-18,43-48,55-60H2;5*1H2. The first-order chi connectivity index (χ1) is 61.9. The number of benzene rings is 8. The van der Waals surface area contributed by atoms with Crippen molar-refractivity contribution in [3.05, 3.63) is 215 Å². The Morgan fingerprint density at radius 2 is 0.317 bits per heavy atom. The molecule has 0 fully saturated rings. The zero-order valence-corrected chi connectivity index (χ0v) is 77.2. The molecular formula is C92H100Cl10N12O12. The molecule has 0 atom stereocenters. The maximum atomic E-state index is 6.88. The van der Waals surface area contributed by atoms with Gasteiger partial charge in [-0.25, -0.2) is 0 Å². The Morgan fingerprint density at radius 1 is 0.183 bits per heavy atom. The Bertz CT molecular complexity index is 4200. The SMILES string of the molecule is ClCCl.ClCCl.ClCCl.ClCCl.ClCCl.c1cc2ccc1CN1Cc3ccc(cc3)OCCCCCCCCOc3ccc(cc3)CN3Cc4ccc(cc4)OCCCCCCCCOc4ccc(cc4)CN(Cc4ccc(cc4)OCCCCCCCCO2)c2nc4nc(n2)Oc2cc5cc(c2)Oc2nc(nc3n2)Oc2cc(cc(c2)O4)Oc2nc(nc1n2)O5. The van der Waals surface area contributed by atoms with Gasteiger partial charge in [-0.15, -0.1) is 131 Å². The van der Waals surface area contributed by atoms with E-state index in [1.54, 1.807) is 36.4 Å². The fraction of sp³-hybridized carbons (Fsp3) is 0.380. The van der Waals surface area contributed by atoms with E-state index in [9.17, 15) is 0 Å². The summed E-state index contributed by atoms with van der Waals surface area (Å²) in [4.78, 5) is 51.3. The zero-order chi connectivity index (χ0) is 88.1. The maximum absolute atomic E-state index is 6.88. The summed E-state index contributed by atoms with van der Waals surface area (Å²) in [5.41, 5.74) is 5.77. The first-order valence-electron chi connectivity index (χ1n) is 41.7. The molecule has 30 bridgehead atoms. The van der Waals surface area contributed by atoms with Gasteiger partial charge < -0.3 is 71.5 Å². The Hall–Kier alpha value is -9.31. The van der Waals surface area contributed by atoms with Crippen LogP contribution in [-0.4, -0.2) is 111 Å². The van der Waals surface area contributed by atoms with Gasteiger partial charge in [0, 0.05) is 75.7 Å². The Balaban J connectivity index is 0.000000961. The summed E-state index contributed by atoms with van der Waals surface area (Å²) in [7, 11) is 0. The number of rotatable bonds is 0. The second-order valence-electron chi connectivity index (χ2n) is 28.9. The molecule has 8 aromatic carbocycles. The predicted molar refractivity (Wildman–Crippen MR) is 500 cm³/mol. The van der Waals surface area contributed by atoms with Crippen LogP contribution >= 0.6 is 116 Å². The first kappa shape index (κ1) is 97.3.